The molecule has 3 N–H and O–H groups in total. The Hall–Kier alpha value is -4.32. The number of sulfonamides is 1. The third-order valence-corrected chi connectivity index (χ3v) is 13.5. The molecule has 2 saturated carbocycles. The minimum atomic E-state index is -4.92. The van der Waals surface area contributed by atoms with Gasteiger partial charge in [0.05, 0.1) is 17.9 Å². The minimum absolute atomic E-state index is 0.0489. The summed E-state index contributed by atoms with van der Waals surface area (Å²) in [5.41, 5.74) is -4.54. The third kappa shape index (κ3) is 9.84. The van der Waals surface area contributed by atoms with E-state index in [9.17, 15) is 40.8 Å². The van der Waals surface area contributed by atoms with E-state index < -0.39 is 86.4 Å². The second-order valence-corrected chi connectivity index (χ2v) is 19.4. The molecule has 14 nitrogen and oxygen atoms in total. The maximum absolute atomic E-state index is 14.8. The van der Waals surface area contributed by atoms with Gasteiger partial charge >= 0.3 is 12.3 Å². The van der Waals surface area contributed by atoms with E-state index >= 15 is 0 Å². The van der Waals surface area contributed by atoms with Gasteiger partial charge in [0.2, 0.25) is 39.2 Å². The van der Waals surface area contributed by atoms with Gasteiger partial charge in [-0.1, -0.05) is 43.7 Å². The second-order valence-electron chi connectivity index (χ2n) is 17.0. The van der Waals surface area contributed by atoms with Crippen molar-refractivity contribution in [2.75, 3.05) is 6.54 Å². The number of fused-ring (bicyclic) bond motifs is 3. The summed E-state index contributed by atoms with van der Waals surface area (Å²) in [5, 5.41) is 5.90. The van der Waals surface area contributed by atoms with Crippen LogP contribution in [0.2, 0.25) is 5.02 Å². The number of ether oxygens (including phenoxy) is 3. The average Bonchev–Trinajstić information content (AvgIpc) is 4.05. The number of aromatic nitrogens is 1. The molecule has 1 saturated heterocycles. The first-order chi connectivity index (χ1) is 27.5. The van der Waals surface area contributed by atoms with E-state index in [1.807, 2.05) is 26.8 Å². The monoisotopic (exact) mass is 869 g/mol. The molecule has 2 aliphatic carbocycles. The summed E-state index contributed by atoms with van der Waals surface area (Å²) in [6.07, 6.45) is -1.73. The fraction of sp³-hybridized carbons (Fsp3) is 0.625. The van der Waals surface area contributed by atoms with Crippen LogP contribution >= 0.6 is 11.6 Å². The predicted molar refractivity (Wildman–Crippen MR) is 211 cm³/mol. The van der Waals surface area contributed by atoms with E-state index in [1.54, 1.807) is 37.3 Å². The highest BCUT2D eigenvalue weighted by atomic mass is 35.5. The summed E-state index contributed by atoms with van der Waals surface area (Å²) in [6, 6.07) is 3.95. The zero-order valence-corrected chi connectivity index (χ0v) is 35.3. The molecule has 0 unspecified atom stereocenters. The van der Waals surface area contributed by atoms with Gasteiger partial charge in [-0.3, -0.25) is 19.1 Å². The number of rotatable bonds is 9. The molecule has 0 spiro atoms. The minimum Gasteiger partial charge on any atom is -0.475 e. The summed E-state index contributed by atoms with van der Waals surface area (Å²) in [5.74, 6) is -3.47. The molecule has 3 heterocycles. The maximum Gasteiger partial charge on any atom is 0.427 e. The predicted octanol–water partition coefficient (Wildman–Crippen LogP) is 5.96. The van der Waals surface area contributed by atoms with Crippen LogP contribution in [0, 0.1) is 17.8 Å². The Morgan fingerprint density at radius 1 is 1.08 bits per heavy atom. The molecule has 4 aliphatic rings. The zero-order valence-electron chi connectivity index (χ0n) is 33.7. The summed E-state index contributed by atoms with van der Waals surface area (Å²) in [6.45, 7) is 8.35. The van der Waals surface area contributed by atoms with Crippen molar-refractivity contribution in [2.45, 2.75) is 133 Å². The molecule has 1 aromatic carbocycles. The third-order valence-electron chi connectivity index (χ3n) is 11.3. The number of carbonyl (C=O) groups is 4. The van der Waals surface area contributed by atoms with Crippen LogP contribution in [0.15, 0.2) is 36.4 Å². The Kier molecular flexibility index (Phi) is 12.5. The largest absolute Gasteiger partial charge is 0.475 e. The van der Waals surface area contributed by atoms with Crippen molar-refractivity contribution in [1.29, 1.82) is 0 Å². The van der Waals surface area contributed by atoms with Crippen molar-refractivity contribution < 1.29 is 55.0 Å². The average molecular weight is 870 g/mol. The summed E-state index contributed by atoms with van der Waals surface area (Å²) < 4.78 is 86.4. The smallest absolute Gasteiger partial charge is 0.427 e. The normalized spacial score (nSPS) is 28.7. The van der Waals surface area contributed by atoms with Crippen molar-refractivity contribution in [3.63, 3.8) is 0 Å². The van der Waals surface area contributed by atoms with Crippen molar-refractivity contribution in [3.8, 4) is 11.8 Å². The highest BCUT2D eigenvalue weighted by Gasteiger charge is 2.62. The Bertz CT molecular complexity index is 2120. The molecule has 4 amide bonds. The van der Waals surface area contributed by atoms with Gasteiger partial charge in [0.1, 0.15) is 23.7 Å². The summed E-state index contributed by atoms with van der Waals surface area (Å²) >= 11 is 6.56. The Labute approximate surface area is 346 Å². The van der Waals surface area contributed by atoms with Crippen LogP contribution in [-0.2, 0) is 29.1 Å². The van der Waals surface area contributed by atoms with Crippen molar-refractivity contribution in [3.05, 3.63) is 41.4 Å². The Morgan fingerprint density at radius 2 is 1.80 bits per heavy atom. The number of allylic oxidation sites excluding steroid dienone is 1. The quantitative estimate of drug-likeness (QED) is 0.255. The first-order valence-corrected chi connectivity index (χ1v) is 21.8. The highest BCUT2D eigenvalue weighted by Crippen LogP contribution is 2.46. The molecule has 6 rings (SSSR count). The number of hydrogen-bond acceptors (Lipinski definition) is 10. The van der Waals surface area contributed by atoms with Crippen LogP contribution in [0.5, 0.6) is 11.8 Å². The van der Waals surface area contributed by atoms with Gasteiger partial charge in [0.15, 0.2) is 0 Å². The fourth-order valence-electron chi connectivity index (χ4n) is 7.68. The Morgan fingerprint density at radius 3 is 2.46 bits per heavy atom. The standard InChI is InChI=1S/C40H51ClF3N5O9S/c1-21(2)56-31-18-28-27(12-9-13-29(28)41)34(45-31)57-25-17-30-33(50)47-39(36(52)48-59(54,55)26-14-15-26)19-24(39)11-8-7-10-22(3)16-23(4)32(35(51)49(30)20-25)46-37(53)58-38(5,6)40(42,43)44/h8-9,11-13,18,21-26,30,32H,7,10,14-17,19-20H2,1-6H3,(H,46,53)(H,47,50)(H,48,52)/b11-8-/t22-,23-,24-,25-,30+,32+,39-/m1/s1. The summed E-state index contributed by atoms with van der Waals surface area (Å²) in [4.78, 5) is 62.1. The molecular formula is C40H51ClF3N5O9S. The van der Waals surface area contributed by atoms with E-state index in [1.165, 1.54) is 4.90 Å². The number of amides is 4. The maximum atomic E-state index is 14.8. The lowest BCUT2D eigenvalue weighted by atomic mass is 9.88. The molecule has 2 aromatic rings. The molecule has 2 aliphatic heterocycles. The van der Waals surface area contributed by atoms with Gasteiger partial charge in [-0.2, -0.15) is 18.2 Å². The number of alkyl halides is 3. The molecule has 59 heavy (non-hydrogen) atoms. The number of nitrogens with one attached hydrogen (secondary N) is 3. The number of pyridine rings is 1. The lowest BCUT2D eigenvalue weighted by molar-refractivity contribution is -0.244. The fourth-order valence-corrected chi connectivity index (χ4v) is 9.27. The number of alkyl carbamates (subject to hydrolysis) is 1. The van der Waals surface area contributed by atoms with Crippen LogP contribution in [0.25, 0.3) is 10.8 Å². The second kappa shape index (κ2) is 16.6. The van der Waals surface area contributed by atoms with Crippen LogP contribution in [0.4, 0.5) is 18.0 Å². The van der Waals surface area contributed by atoms with Crippen molar-refractivity contribution >= 4 is 56.2 Å². The highest BCUT2D eigenvalue weighted by molar-refractivity contribution is 7.91. The van der Waals surface area contributed by atoms with Crippen molar-refractivity contribution in [2.24, 2.45) is 17.8 Å². The van der Waals surface area contributed by atoms with Crippen molar-refractivity contribution in [1.82, 2.24) is 25.2 Å². The lowest BCUT2D eigenvalue weighted by Crippen LogP contribution is -2.59. The lowest BCUT2D eigenvalue weighted by Gasteiger charge is -2.34. The summed E-state index contributed by atoms with van der Waals surface area (Å²) in [7, 11) is -4.00. The van der Waals surface area contributed by atoms with Crippen LogP contribution in [0.1, 0.15) is 86.5 Å². The van der Waals surface area contributed by atoms with E-state index in [0.717, 1.165) is 0 Å². The van der Waals surface area contributed by atoms with Gasteiger partial charge < -0.3 is 29.7 Å². The first kappa shape index (κ1) is 44.2. The van der Waals surface area contributed by atoms with E-state index in [2.05, 4.69) is 20.3 Å². The van der Waals surface area contributed by atoms with Gasteiger partial charge in [0, 0.05) is 34.2 Å². The van der Waals surface area contributed by atoms with E-state index in [4.69, 9.17) is 25.8 Å². The molecule has 7 atom stereocenters. The van der Waals surface area contributed by atoms with Gasteiger partial charge in [-0.25, -0.2) is 13.2 Å². The molecule has 324 valence electrons. The van der Waals surface area contributed by atoms with Gasteiger partial charge in [0.25, 0.3) is 5.91 Å². The molecule has 3 fully saturated rings. The van der Waals surface area contributed by atoms with Gasteiger partial charge in [-0.15, -0.1) is 0 Å². The number of nitrogens with zero attached hydrogens (tertiary/aromatic N) is 2. The van der Waals surface area contributed by atoms with Gasteiger partial charge in [-0.05, 0) is 90.2 Å². The SMILES string of the molecule is CC(C)Oc1cc2c(Cl)cccc2c(O[C@@H]2C[C@H]3C(=O)N[C@]4(C(=O)NS(=O)(=O)C5CC5)C[C@H]4/C=C\CC[C@@H](C)C[C@@H](C)[C@H](NC(=O)OC(C)(C)C(F)(F)F)C(=O)N3C2)n1. The van der Waals surface area contributed by atoms with Crippen LogP contribution in [-0.4, -0.2) is 95.5 Å². The molecular weight excluding hydrogens is 819 g/mol. The van der Waals surface area contributed by atoms with Crippen LogP contribution < -0.4 is 24.8 Å². The van der Waals surface area contributed by atoms with E-state index in [0.29, 0.717) is 61.7 Å². The molecule has 0 radical (unpaired) electrons. The number of benzene rings is 1. The Balaban J connectivity index is 1.37. The molecule has 19 heteroatoms. The molecule has 1 aromatic heterocycles. The number of carbonyl (C=O) groups excluding carboxylic acids is 4. The van der Waals surface area contributed by atoms with E-state index in [-0.39, 0.29) is 43.2 Å². The van der Waals surface area contributed by atoms with Crippen LogP contribution in [0.3, 0.4) is 0 Å². The zero-order chi connectivity index (χ0) is 43.2. The number of hydrogen-bond donors (Lipinski definition) is 3. The number of halogens is 4. The first-order valence-electron chi connectivity index (χ1n) is 19.9. The molecule has 0 bridgehead atoms. The topological polar surface area (TPSA) is 182 Å².